The summed E-state index contributed by atoms with van der Waals surface area (Å²) in [4.78, 5) is 3.95. The Hall–Kier alpha value is -1.09. The van der Waals surface area contributed by atoms with Gasteiger partial charge in [-0.3, -0.25) is 0 Å². The molecule has 0 amide bonds. The van der Waals surface area contributed by atoms with Crippen LogP contribution in [0, 0.1) is 0 Å². The van der Waals surface area contributed by atoms with E-state index >= 15 is 0 Å². The standard InChI is InChI=1S/C8H11N2O/c1-8(2,11)10-7-5-3-4-6-9-7/h3-6H,1-2H3,(H,9,10). The van der Waals surface area contributed by atoms with Gasteiger partial charge in [-0.1, -0.05) is 6.07 Å². The second-order valence-corrected chi connectivity index (χ2v) is 2.85. The van der Waals surface area contributed by atoms with Gasteiger partial charge in [0.1, 0.15) is 5.82 Å². The molecule has 0 unspecified atom stereocenters. The first-order valence-corrected chi connectivity index (χ1v) is 3.47. The van der Waals surface area contributed by atoms with Crippen molar-refractivity contribution in [2.45, 2.75) is 19.6 Å². The summed E-state index contributed by atoms with van der Waals surface area (Å²) in [5.41, 5.74) is -1.16. The zero-order chi connectivity index (χ0) is 8.32. The van der Waals surface area contributed by atoms with Crippen LogP contribution in [0.3, 0.4) is 0 Å². The SMILES string of the molecule is CC(C)([O])Nc1ccccn1. The van der Waals surface area contributed by atoms with E-state index in [1.165, 1.54) is 0 Å². The number of anilines is 1. The van der Waals surface area contributed by atoms with Gasteiger partial charge < -0.3 is 5.32 Å². The largest absolute Gasteiger partial charge is 0.340 e. The third-order valence-corrected chi connectivity index (χ3v) is 1.09. The van der Waals surface area contributed by atoms with E-state index in [2.05, 4.69) is 10.3 Å². The molecule has 0 fully saturated rings. The Morgan fingerprint density at radius 2 is 2.18 bits per heavy atom. The lowest BCUT2D eigenvalue weighted by Gasteiger charge is -2.16. The average molecular weight is 151 g/mol. The van der Waals surface area contributed by atoms with E-state index in [1.54, 1.807) is 26.1 Å². The van der Waals surface area contributed by atoms with Gasteiger partial charge in [0.15, 0.2) is 5.72 Å². The summed E-state index contributed by atoms with van der Waals surface area (Å²) in [6.45, 7) is 3.11. The first-order valence-electron chi connectivity index (χ1n) is 3.47. The van der Waals surface area contributed by atoms with Crippen LogP contribution in [-0.4, -0.2) is 10.7 Å². The monoisotopic (exact) mass is 151 g/mol. The van der Waals surface area contributed by atoms with Crippen LogP contribution in [0.5, 0.6) is 0 Å². The molecule has 3 nitrogen and oxygen atoms in total. The Morgan fingerprint density at radius 3 is 2.64 bits per heavy atom. The van der Waals surface area contributed by atoms with Gasteiger partial charge in [0.05, 0.1) is 0 Å². The second-order valence-electron chi connectivity index (χ2n) is 2.85. The fraction of sp³-hybridized carbons (Fsp3) is 0.375. The number of aromatic nitrogens is 1. The van der Waals surface area contributed by atoms with Gasteiger partial charge in [0.2, 0.25) is 0 Å². The highest BCUT2D eigenvalue weighted by atomic mass is 16.3. The molecule has 0 aliphatic carbocycles. The Bertz CT molecular complexity index is 215. The zero-order valence-corrected chi connectivity index (χ0v) is 6.66. The first-order chi connectivity index (χ1) is 5.08. The van der Waals surface area contributed by atoms with E-state index in [1.807, 2.05) is 12.1 Å². The normalized spacial score (nSPS) is 11.2. The average Bonchev–Trinajstić information content (AvgIpc) is 1.85. The molecule has 3 heteroatoms. The number of hydrogen-bond donors (Lipinski definition) is 1. The molecule has 1 aromatic heterocycles. The van der Waals surface area contributed by atoms with Crippen molar-refractivity contribution in [2.24, 2.45) is 0 Å². The second kappa shape index (κ2) is 2.88. The number of nitrogens with zero attached hydrogens (tertiary/aromatic N) is 1. The van der Waals surface area contributed by atoms with Crippen LogP contribution >= 0.6 is 0 Å². The summed E-state index contributed by atoms with van der Waals surface area (Å²) in [7, 11) is 0. The van der Waals surface area contributed by atoms with Crippen LogP contribution in [0.2, 0.25) is 0 Å². The van der Waals surface area contributed by atoms with Crippen molar-refractivity contribution in [1.82, 2.24) is 4.98 Å². The van der Waals surface area contributed by atoms with Gasteiger partial charge in [-0.15, -0.1) is 0 Å². The maximum Gasteiger partial charge on any atom is 0.168 e. The molecule has 0 spiro atoms. The molecule has 0 saturated carbocycles. The molecule has 0 bridgehead atoms. The Morgan fingerprint density at radius 1 is 1.45 bits per heavy atom. The van der Waals surface area contributed by atoms with Crippen molar-refractivity contribution in [1.29, 1.82) is 0 Å². The minimum absolute atomic E-state index is 0.618. The lowest BCUT2D eigenvalue weighted by molar-refractivity contribution is 0.0302. The molecular formula is C8H11N2O. The van der Waals surface area contributed by atoms with Gasteiger partial charge in [-0.05, 0) is 26.0 Å². The van der Waals surface area contributed by atoms with Crippen LogP contribution in [0.1, 0.15) is 13.8 Å². The Balaban J connectivity index is 2.66. The summed E-state index contributed by atoms with van der Waals surface area (Å²) in [6, 6.07) is 5.41. The fourth-order valence-corrected chi connectivity index (χ4v) is 0.745. The molecule has 0 atom stereocenters. The highest BCUT2D eigenvalue weighted by molar-refractivity contribution is 5.34. The molecule has 1 heterocycles. The minimum atomic E-state index is -1.16. The fourth-order valence-electron chi connectivity index (χ4n) is 0.745. The van der Waals surface area contributed by atoms with Crippen molar-refractivity contribution in [2.75, 3.05) is 5.32 Å². The van der Waals surface area contributed by atoms with Crippen molar-refractivity contribution < 1.29 is 5.11 Å². The highest BCUT2D eigenvalue weighted by Crippen LogP contribution is 2.08. The van der Waals surface area contributed by atoms with Gasteiger partial charge in [-0.2, -0.15) is 0 Å². The van der Waals surface area contributed by atoms with Crippen molar-refractivity contribution >= 4 is 5.82 Å². The first kappa shape index (κ1) is 8.01. The van der Waals surface area contributed by atoms with E-state index in [9.17, 15) is 5.11 Å². The topological polar surface area (TPSA) is 44.8 Å². The molecule has 0 aliphatic rings. The maximum atomic E-state index is 11.1. The Labute approximate surface area is 66.1 Å². The third-order valence-electron chi connectivity index (χ3n) is 1.09. The lowest BCUT2D eigenvalue weighted by atomic mass is 10.3. The molecule has 1 N–H and O–H groups in total. The zero-order valence-electron chi connectivity index (χ0n) is 6.66. The predicted molar refractivity (Wildman–Crippen MR) is 42.6 cm³/mol. The number of pyridine rings is 1. The third kappa shape index (κ3) is 3.00. The van der Waals surface area contributed by atoms with Crippen molar-refractivity contribution in [3.8, 4) is 0 Å². The molecule has 1 aromatic rings. The van der Waals surface area contributed by atoms with Gasteiger partial charge in [-0.25, -0.2) is 10.1 Å². The lowest BCUT2D eigenvalue weighted by Crippen LogP contribution is -2.28. The van der Waals surface area contributed by atoms with Crippen LogP contribution in [0.15, 0.2) is 24.4 Å². The molecule has 1 rings (SSSR count). The van der Waals surface area contributed by atoms with E-state index in [4.69, 9.17) is 0 Å². The van der Waals surface area contributed by atoms with Crippen molar-refractivity contribution in [3.63, 3.8) is 0 Å². The predicted octanol–water partition coefficient (Wildman–Crippen LogP) is 1.66. The van der Waals surface area contributed by atoms with Crippen molar-refractivity contribution in [3.05, 3.63) is 24.4 Å². The molecular weight excluding hydrogens is 140 g/mol. The van der Waals surface area contributed by atoms with E-state index in [0.29, 0.717) is 5.82 Å². The van der Waals surface area contributed by atoms with Gasteiger partial charge in [0, 0.05) is 6.20 Å². The maximum absolute atomic E-state index is 11.1. The molecule has 0 aliphatic heterocycles. The summed E-state index contributed by atoms with van der Waals surface area (Å²) in [6.07, 6.45) is 1.65. The van der Waals surface area contributed by atoms with Gasteiger partial charge in [0.25, 0.3) is 0 Å². The van der Waals surface area contributed by atoms with Crippen LogP contribution in [0.25, 0.3) is 0 Å². The van der Waals surface area contributed by atoms with E-state index < -0.39 is 5.72 Å². The van der Waals surface area contributed by atoms with Crippen LogP contribution in [-0.2, 0) is 5.11 Å². The van der Waals surface area contributed by atoms with Crippen LogP contribution in [0.4, 0.5) is 5.82 Å². The highest BCUT2D eigenvalue weighted by Gasteiger charge is 2.13. The molecule has 0 saturated heterocycles. The summed E-state index contributed by atoms with van der Waals surface area (Å²) < 4.78 is 0. The summed E-state index contributed by atoms with van der Waals surface area (Å²) in [5.74, 6) is 0.618. The molecule has 1 radical (unpaired) electrons. The van der Waals surface area contributed by atoms with Gasteiger partial charge >= 0.3 is 0 Å². The molecule has 0 aromatic carbocycles. The Kier molecular flexibility index (Phi) is 2.10. The summed E-state index contributed by atoms with van der Waals surface area (Å²) in [5, 5.41) is 13.8. The summed E-state index contributed by atoms with van der Waals surface area (Å²) >= 11 is 0. The van der Waals surface area contributed by atoms with E-state index in [0.717, 1.165) is 0 Å². The quantitative estimate of drug-likeness (QED) is 0.653. The number of nitrogens with one attached hydrogen (secondary N) is 1. The van der Waals surface area contributed by atoms with Crippen LogP contribution < -0.4 is 5.32 Å². The number of hydrogen-bond acceptors (Lipinski definition) is 2. The smallest absolute Gasteiger partial charge is 0.168 e. The van der Waals surface area contributed by atoms with E-state index in [-0.39, 0.29) is 0 Å². The molecule has 11 heavy (non-hydrogen) atoms. The minimum Gasteiger partial charge on any atom is -0.340 e. The molecule has 59 valence electrons. The number of rotatable bonds is 2.